The minimum atomic E-state index is 0.795. The number of hydrogen-bond acceptors (Lipinski definition) is 2. The third-order valence-corrected chi connectivity index (χ3v) is 5.47. The van der Waals surface area contributed by atoms with E-state index in [0.29, 0.717) is 0 Å². The Bertz CT molecular complexity index is 860. The van der Waals surface area contributed by atoms with E-state index in [1.807, 2.05) is 0 Å². The summed E-state index contributed by atoms with van der Waals surface area (Å²) in [6.45, 7) is 6.72. The van der Waals surface area contributed by atoms with Crippen LogP contribution < -0.4 is 4.74 Å². The van der Waals surface area contributed by atoms with Gasteiger partial charge in [0, 0.05) is 23.3 Å². The fourth-order valence-electron chi connectivity index (χ4n) is 4.13. The Morgan fingerprint density at radius 2 is 1.74 bits per heavy atom. The lowest BCUT2D eigenvalue weighted by atomic mass is 10.2. The first-order valence-electron chi connectivity index (χ1n) is 10.4. The molecule has 3 nitrogen and oxygen atoms in total. The lowest BCUT2D eigenvalue weighted by Gasteiger charge is -2.15. The van der Waals surface area contributed by atoms with Crippen molar-refractivity contribution in [2.24, 2.45) is 0 Å². The lowest BCUT2D eigenvalue weighted by molar-refractivity contribution is 0.263. The molecule has 1 aliphatic rings. The smallest absolute Gasteiger partial charge is 0.119 e. The summed E-state index contributed by atoms with van der Waals surface area (Å²) in [7, 11) is 0. The summed E-state index contributed by atoms with van der Waals surface area (Å²) in [5.41, 5.74) is 3.86. The average molecular weight is 363 g/mol. The molecule has 1 aromatic heterocycles. The number of para-hydroxylation sites is 1. The number of aryl methyl sites for hydroxylation is 1. The monoisotopic (exact) mass is 362 g/mol. The molecule has 3 heteroatoms. The molecule has 0 unspecified atom stereocenters. The van der Waals surface area contributed by atoms with Crippen molar-refractivity contribution in [3.63, 3.8) is 0 Å². The molecule has 0 radical (unpaired) electrons. The van der Waals surface area contributed by atoms with Crippen molar-refractivity contribution in [1.82, 2.24) is 9.47 Å². The molecule has 0 N–H and O–H groups in total. The second-order valence-corrected chi connectivity index (χ2v) is 7.52. The van der Waals surface area contributed by atoms with E-state index >= 15 is 0 Å². The van der Waals surface area contributed by atoms with E-state index in [1.54, 1.807) is 0 Å². The standard InChI is InChI=1S/C24H30N2O/c1-2-8-22-19-20-9-3-4-10-24(20)26(22)21-11-13-23(14-12-21)27-18-7-17-25-15-5-6-16-25/h3-4,9-14,19H,2,5-8,15-18H2,1H3. The van der Waals surface area contributed by atoms with Gasteiger partial charge in [0.25, 0.3) is 0 Å². The summed E-state index contributed by atoms with van der Waals surface area (Å²) >= 11 is 0. The van der Waals surface area contributed by atoms with Crippen molar-refractivity contribution in [3.8, 4) is 11.4 Å². The van der Waals surface area contributed by atoms with Crippen LogP contribution in [-0.4, -0.2) is 35.7 Å². The summed E-state index contributed by atoms with van der Waals surface area (Å²) in [5, 5.41) is 1.31. The van der Waals surface area contributed by atoms with Gasteiger partial charge in [-0.05, 0) is 75.2 Å². The highest BCUT2D eigenvalue weighted by Crippen LogP contribution is 2.26. The zero-order chi connectivity index (χ0) is 18.5. The molecule has 0 amide bonds. The number of fused-ring (bicyclic) bond motifs is 1. The maximum absolute atomic E-state index is 5.97. The van der Waals surface area contributed by atoms with Crippen LogP contribution in [0.15, 0.2) is 54.6 Å². The van der Waals surface area contributed by atoms with E-state index in [1.165, 1.54) is 48.2 Å². The van der Waals surface area contributed by atoms with Crippen LogP contribution in [0.3, 0.4) is 0 Å². The molecule has 2 heterocycles. The van der Waals surface area contributed by atoms with Crippen molar-refractivity contribution >= 4 is 10.9 Å². The number of ether oxygens (including phenoxy) is 1. The number of nitrogens with zero attached hydrogens (tertiary/aromatic N) is 2. The summed E-state index contributed by atoms with van der Waals surface area (Å²) in [4.78, 5) is 2.54. The molecule has 0 bridgehead atoms. The Balaban J connectivity index is 1.44. The Labute approximate surface area is 162 Å². The summed E-state index contributed by atoms with van der Waals surface area (Å²) in [6, 6.07) is 19.5. The van der Waals surface area contributed by atoms with Gasteiger partial charge in [-0.2, -0.15) is 0 Å². The van der Waals surface area contributed by atoms with Crippen LogP contribution in [0, 0.1) is 0 Å². The highest BCUT2D eigenvalue weighted by molar-refractivity contribution is 5.83. The molecule has 2 aromatic carbocycles. The van der Waals surface area contributed by atoms with Crippen molar-refractivity contribution in [3.05, 3.63) is 60.3 Å². The van der Waals surface area contributed by atoms with E-state index in [0.717, 1.165) is 38.2 Å². The molecule has 1 fully saturated rings. The molecule has 0 aliphatic carbocycles. The maximum atomic E-state index is 5.97. The van der Waals surface area contributed by atoms with Crippen molar-refractivity contribution < 1.29 is 4.74 Å². The summed E-state index contributed by atoms with van der Waals surface area (Å²) in [5.74, 6) is 0.966. The zero-order valence-corrected chi connectivity index (χ0v) is 16.4. The topological polar surface area (TPSA) is 17.4 Å². The van der Waals surface area contributed by atoms with Crippen LogP contribution >= 0.6 is 0 Å². The maximum Gasteiger partial charge on any atom is 0.119 e. The van der Waals surface area contributed by atoms with E-state index in [9.17, 15) is 0 Å². The van der Waals surface area contributed by atoms with E-state index < -0.39 is 0 Å². The lowest BCUT2D eigenvalue weighted by Crippen LogP contribution is -2.21. The van der Waals surface area contributed by atoms with E-state index in [-0.39, 0.29) is 0 Å². The zero-order valence-electron chi connectivity index (χ0n) is 16.4. The molecule has 0 spiro atoms. The van der Waals surface area contributed by atoms with Gasteiger partial charge in [0.15, 0.2) is 0 Å². The van der Waals surface area contributed by atoms with Gasteiger partial charge in [-0.1, -0.05) is 31.5 Å². The first-order valence-corrected chi connectivity index (χ1v) is 10.4. The van der Waals surface area contributed by atoms with Gasteiger partial charge >= 0.3 is 0 Å². The van der Waals surface area contributed by atoms with Crippen LogP contribution in [0.2, 0.25) is 0 Å². The Hall–Kier alpha value is -2.26. The Kier molecular flexibility index (Phi) is 5.78. The largest absolute Gasteiger partial charge is 0.494 e. The summed E-state index contributed by atoms with van der Waals surface area (Å²) in [6.07, 6.45) is 6.05. The molecule has 1 saturated heterocycles. The minimum absolute atomic E-state index is 0.795. The predicted octanol–water partition coefficient (Wildman–Crippen LogP) is 5.45. The van der Waals surface area contributed by atoms with Crippen LogP contribution in [0.25, 0.3) is 16.6 Å². The fraction of sp³-hybridized carbons (Fsp3) is 0.417. The molecule has 4 rings (SSSR count). The van der Waals surface area contributed by atoms with Crippen LogP contribution in [0.4, 0.5) is 0 Å². The second-order valence-electron chi connectivity index (χ2n) is 7.52. The van der Waals surface area contributed by atoms with Crippen molar-refractivity contribution in [2.45, 2.75) is 39.0 Å². The van der Waals surface area contributed by atoms with Gasteiger partial charge in [0.05, 0.1) is 12.1 Å². The van der Waals surface area contributed by atoms with Gasteiger partial charge in [-0.25, -0.2) is 0 Å². The minimum Gasteiger partial charge on any atom is -0.494 e. The molecule has 142 valence electrons. The van der Waals surface area contributed by atoms with Gasteiger partial charge in [0.1, 0.15) is 5.75 Å². The normalized spacial score (nSPS) is 14.9. The van der Waals surface area contributed by atoms with Crippen molar-refractivity contribution in [1.29, 1.82) is 0 Å². The van der Waals surface area contributed by atoms with Gasteiger partial charge < -0.3 is 14.2 Å². The van der Waals surface area contributed by atoms with Crippen LogP contribution in [0.5, 0.6) is 5.75 Å². The quantitative estimate of drug-likeness (QED) is 0.496. The first kappa shape index (κ1) is 18.1. The number of rotatable bonds is 8. The molecule has 0 atom stereocenters. The molecular formula is C24H30N2O. The number of likely N-dealkylation sites (tertiary alicyclic amines) is 1. The number of benzene rings is 2. The van der Waals surface area contributed by atoms with Crippen LogP contribution in [-0.2, 0) is 6.42 Å². The highest BCUT2D eigenvalue weighted by atomic mass is 16.5. The number of hydrogen-bond donors (Lipinski definition) is 0. The highest BCUT2D eigenvalue weighted by Gasteiger charge is 2.11. The van der Waals surface area contributed by atoms with Crippen LogP contribution in [0.1, 0.15) is 38.3 Å². The third-order valence-electron chi connectivity index (χ3n) is 5.47. The van der Waals surface area contributed by atoms with E-state index in [4.69, 9.17) is 4.74 Å². The second kappa shape index (κ2) is 8.62. The SMILES string of the molecule is CCCc1cc2ccccc2n1-c1ccc(OCCCN2CCCC2)cc1. The molecule has 1 aliphatic heterocycles. The third kappa shape index (κ3) is 4.19. The molecule has 27 heavy (non-hydrogen) atoms. The Morgan fingerprint density at radius 1 is 0.963 bits per heavy atom. The van der Waals surface area contributed by atoms with Gasteiger partial charge in [-0.3, -0.25) is 0 Å². The predicted molar refractivity (Wildman–Crippen MR) is 113 cm³/mol. The molecular weight excluding hydrogens is 332 g/mol. The molecule has 0 saturated carbocycles. The average Bonchev–Trinajstić information content (AvgIpc) is 3.33. The first-order chi connectivity index (χ1) is 13.3. The Morgan fingerprint density at radius 3 is 2.52 bits per heavy atom. The van der Waals surface area contributed by atoms with Crippen molar-refractivity contribution in [2.75, 3.05) is 26.2 Å². The fourth-order valence-corrected chi connectivity index (χ4v) is 4.13. The molecule has 3 aromatic rings. The van der Waals surface area contributed by atoms with Gasteiger partial charge in [0.2, 0.25) is 0 Å². The summed E-state index contributed by atoms with van der Waals surface area (Å²) < 4.78 is 8.35. The van der Waals surface area contributed by atoms with Gasteiger partial charge in [-0.15, -0.1) is 0 Å². The van der Waals surface area contributed by atoms with E-state index in [2.05, 4.69) is 71.0 Å². The number of aromatic nitrogens is 1.